The third-order valence-corrected chi connectivity index (χ3v) is 8.46. The van der Waals surface area contributed by atoms with Crippen molar-refractivity contribution in [1.29, 1.82) is 0 Å². The quantitative estimate of drug-likeness (QED) is 0.178. The molecule has 1 saturated carbocycles. The summed E-state index contributed by atoms with van der Waals surface area (Å²) in [6, 6.07) is 8.75. The van der Waals surface area contributed by atoms with Gasteiger partial charge in [-0.1, -0.05) is 0 Å². The van der Waals surface area contributed by atoms with E-state index in [1.54, 1.807) is 0 Å². The van der Waals surface area contributed by atoms with E-state index >= 15 is 8.78 Å². The molecule has 0 saturated heterocycles. The summed E-state index contributed by atoms with van der Waals surface area (Å²) in [4.78, 5) is 36.0. The van der Waals surface area contributed by atoms with Crippen molar-refractivity contribution < 1.29 is 44.7 Å². The number of aromatic nitrogens is 5. The van der Waals surface area contributed by atoms with Crippen LogP contribution in [0.1, 0.15) is 53.1 Å². The van der Waals surface area contributed by atoms with E-state index in [2.05, 4.69) is 25.1 Å². The van der Waals surface area contributed by atoms with E-state index in [9.17, 15) is 35.9 Å². The average Bonchev–Trinajstić information content (AvgIpc) is 3.69. The zero-order valence-electron chi connectivity index (χ0n) is 24.8. The van der Waals surface area contributed by atoms with Crippen molar-refractivity contribution in [1.82, 2.24) is 29.6 Å². The SMILES string of the molecule is O=C(Cn1nc(C(F)F)c2c1C(F)(F)[C@@H]1C[C@H]21)N[C@@H](Cc1cc(F)cc(F)c1)c1nc2ncccc2c(=O)n1-c1ccc(OC(F)F)cc1. The summed E-state index contributed by atoms with van der Waals surface area (Å²) in [7, 11) is 0. The van der Waals surface area contributed by atoms with Gasteiger partial charge in [-0.3, -0.25) is 18.8 Å². The normalized spacial score (nSPS) is 18.1. The van der Waals surface area contributed by atoms with Gasteiger partial charge in [-0.05, 0) is 66.4 Å². The molecule has 5 aromatic rings. The highest BCUT2D eigenvalue weighted by Gasteiger charge is 2.67. The number of nitrogens with one attached hydrogen (secondary N) is 1. The van der Waals surface area contributed by atoms with Crippen molar-refractivity contribution in [2.75, 3.05) is 0 Å². The first-order valence-corrected chi connectivity index (χ1v) is 14.8. The molecular formula is C32H22F8N6O3. The number of fused-ring (bicyclic) bond motifs is 4. The van der Waals surface area contributed by atoms with Gasteiger partial charge >= 0.3 is 6.61 Å². The lowest BCUT2D eigenvalue weighted by Gasteiger charge is -2.23. The molecule has 0 radical (unpaired) electrons. The first-order chi connectivity index (χ1) is 23.3. The molecule has 3 atom stereocenters. The van der Waals surface area contributed by atoms with Crippen molar-refractivity contribution in [3.63, 3.8) is 0 Å². The second-order valence-electron chi connectivity index (χ2n) is 11.6. The van der Waals surface area contributed by atoms with Crippen LogP contribution in [-0.4, -0.2) is 36.8 Å². The lowest BCUT2D eigenvalue weighted by Crippen LogP contribution is -2.38. The Labute approximate surface area is 270 Å². The van der Waals surface area contributed by atoms with Crippen LogP contribution in [0, 0.1) is 17.6 Å². The molecule has 2 aliphatic carbocycles. The number of ether oxygens (including phenoxy) is 1. The van der Waals surface area contributed by atoms with Gasteiger partial charge < -0.3 is 10.1 Å². The number of halogens is 8. The van der Waals surface area contributed by atoms with Crippen molar-refractivity contribution in [2.24, 2.45) is 5.92 Å². The fourth-order valence-corrected chi connectivity index (χ4v) is 6.42. The van der Waals surface area contributed by atoms with E-state index in [1.807, 2.05) is 0 Å². The topological polar surface area (TPSA) is 104 Å². The Morgan fingerprint density at radius 2 is 1.76 bits per heavy atom. The van der Waals surface area contributed by atoms with Gasteiger partial charge in [0.25, 0.3) is 17.9 Å². The van der Waals surface area contributed by atoms with E-state index in [0.29, 0.717) is 10.7 Å². The number of rotatable bonds is 10. The summed E-state index contributed by atoms with van der Waals surface area (Å²) in [6.45, 7) is -4.09. The van der Waals surface area contributed by atoms with Crippen LogP contribution in [0.4, 0.5) is 35.1 Å². The molecule has 1 amide bonds. The van der Waals surface area contributed by atoms with Gasteiger partial charge in [-0.25, -0.2) is 27.5 Å². The molecule has 3 heterocycles. The third-order valence-electron chi connectivity index (χ3n) is 8.46. The summed E-state index contributed by atoms with van der Waals surface area (Å²) in [5.74, 6) is -8.94. The van der Waals surface area contributed by atoms with Crippen LogP contribution in [-0.2, 0) is 23.7 Å². The second-order valence-corrected chi connectivity index (χ2v) is 11.6. The van der Waals surface area contributed by atoms with Crippen LogP contribution < -0.4 is 15.6 Å². The molecule has 2 aromatic carbocycles. The predicted molar refractivity (Wildman–Crippen MR) is 155 cm³/mol. The van der Waals surface area contributed by atoms with Gasteiger partial charge in [0.05, 0.1) is 17.1 Å². The highest BCUT2D eigenvalue weighted by molar-refractivity contribution is 5.77. The van der Waals surface area contributed by atoms with Crippen LogP contribution in [0.25, 0.3) is 16.7 Å². The molecule has 1 N–H and O–H groups in total. The van der Waals surface area contributed by atoms with Crippen LogP contribution in [0.5, 0.6) is 5.75 Å². The number of carbonyl (C=O) groups is 1. The molecule has 2 aliphatic rings. The maximum Gasteiger partial charge on any atom is 0.387 e. The lowest BCUT2D eigenvalue weighted by atomic mass is 10.0. The molecule has 7 rings (SSSR count). The van der Waals surface area contributed by atoms with E-state index < -0.39 is 84.3 Å². The second kappa shape index (κ2) is 12.0. The number of amides is 1. The fraction of sp³-hybridized carbons (Fsp3) is 0.281. The summed E-state index contributed by atoms with van der Waals surface area (Å²) in [5.41, 5.74) is -2.68. The highest BCUT2D eigenvalue weighted by Crippen LogP contribution is 2.68. The van der Waals surface area contributed by atoms with E-state index in [4.69, 9.17) is 0 Å². The van der Waals surface area contributed by atoms with E-state index in [1.165, 1.54) is 30.5 Å². The minimum absolute atomic E-state index is 0.00784. The van der Waals surface area contributed by atoms with Crippen LogP contribution in [0.15, 0.2) is 65.6 Å². The minimum Gasteiger partial charge on any atom is -0.435 e. The monoisotopic (exact) mass is 690 g/mol. The standard InChI is InChI=1S/C32H22F8N6O3/c33-15-8-14(9-16(34)11-15)10-22(42-23(47)13-45-26-24(25(44-45)27(35)36)20-12-21(20)32(26,39)40)29-43-28-19(2-1-7-41-28)30(48)46(29)17-3-5-18(6-4-17)49-31(37)38/h1-9,11,20-22,27,31H,10,12-13H2,(H,42,47)/t20-,21+,22-/m0/s1. The van der Waals surface area contributed by atoms with Gasteiger partial charge in [0.1, 0.15) is 41.1 Å². The maximum atomic E-state index is 15.2. The molecule has 1 fully saturated rings. The van der Waals surface area contributed by atoms with Gasteiger partial charge in [0.2, 0.25) is 5.91 Å². The third kappa shape index (κ3) is 5.86. The number of alkyl halides is 6. The number of hydrogen-bond acceptors (Lipinski definition) is 6. The van der Waals surface area contributed by atoms with Crippen LogP contribution in [0.3, 0.4) is 0 Å². The molecule has 0 bridgehead atoms. The molecule has 9 nitrogen and oxygen atoms in total. The summed E-state index contributed by atoms with van der Waals surface area (Å²) in [6.07, 6.45) is -2.25. The Balaban J connectivity index is 1.32. The number of nitrogens with zero attached hydrogens (tertiary/aromatic N) is 5. The van der Waals surface area contributed by atoms with Crippen LogP contribution >= 0.6 is 0 Å². The van der Waals surface area contributed by atoms with Crippen molar-refractivity contribution in [3.05, 3.63) is 111 Å². The molecular weight excluding hydrogens is 668 g/mol. The Bertz CT molecular complexity index is 2130. The van der Waals surface area contributed by atoms with Gasteiger partial charge in [-0.2, -0.15) is 22.7 Å². The number of carbonyl (C=O) groups excluding carboxylic acids is 1. The lowest BCUT2D eigenvalue weighted by molar-refractivity contribution is -0.123. The summed E-state index contributed by atoms with van der Waals surface area (Å²) < 4.78 is 118. The van der Waals surface area contributed by atoms with Gasteiger partial charge in [0.15, 0.2) is 5.65 Å². The van der Waals surface area contributed by atoms with Crippen molar-refractivity contribution in [2.45, 2.75) is 50.3 Å². The molecule has 0 aliphatic heterocycles. The molecule has 0 unspecified atom stereocenters. The van der Waals surface area contributed by atoms with Crippen molar-refractivity contribution in [3.8, 4) is 11.4 Å². The smallest absolute Gasteiger partial charge is 0.387 e. The molecule has 49 heavy (non-hydrogen) atoms. The van der Waals surface area contributed by atoms with Gasteiger partial charge in [0, 0.05) is 30.2 Å². The first-order valence-electron chi connectivity index (χ1n) is 14.8. The summed E-state index contributed by atoms with van der Waals surface area (Å²) in [5, 5.41) is 6.21. The average molecular weight is 691 g/mol. The van der Waals surface area contributed by atoms with Gasteiger partial charge in [-0.15, -0.1) is 0 Å². The molecule has 0 spiro atoms. The Hall–Kier alpha value is -5.35. The zero-order chi connectivity index (χ0) is 34.8. The van der Waals surface area contributed by atoms with E-state index in [-0.39, 0.29) is 45.8 Å². The maximum absolute atomic E-state index is 15.2. The minimum atomic E-state index is -3.51. The molecule has 3 aromatic heterocycles. The first kappa shape index (κ1) is 32.2. The molecule has 17 heteroatoms. The molecule has 254 valence electrons. The van der Waals surface area contributed by atoms with Crippen molar-refractivity contribution >= 4 is 16.9 Å². The summed E-state index contributed by atoms with van der Waals surface area (Å²) >= 11 is 0. The Morgan fingerprint density at radius 1 is 1.04 bits per heavy atom. The Kier molecular flexibility index (Phi) is 7.86. The predicted octanol–water partition coefficient (Wildman–Crippen LogP) is 6.10. The zero-order valence-corrected chi connectivity index (χ0v) is 24.8. The van der Waals surface area contributed by atoms with E-state index in [0.717, 1.165) is 28.8 Å². The number of hydrogen-bond donors (Lipinski definition) is 1. The fourth-order valence-electron chi connectivity index (χ4n) is 6.42. The highest BCUT2D eigenvalue weighted by atomic mass is 19.3. The number of pyridine rings is 1. The van der Waals surface area contributed by atoms with Crippen LogP contribution in [0.2, 0.25) is 0 Å². The largest absolute Gasteiger partial charge is 0.435 e. The Morgan fingerprint density at radius 3 is 2.43 bits per heavy atom. The number of benzene rings is 2.